The number of benzene rings is 2. The summed E-state index contributed by atoms with van der Waals surface area (Å²) in [6.45, 7) is 0. The zero-order chi connectivity index (χ0) is 15.1. The van der Waals surface area contributed by atoms with Crippen LogP contribution in [0.1, 0.15) is 11.1 Å². The third-order valence-corrected chi connectivity index (χ3v) is 3.82. The Morgan fingerprint density at radius 1 is 1.19 bits per heavy atom. The van der Waals surface area contributed by atoms with E-state index in [9.17, 15) is 4.39 Å². The van der Waals surface area contributed by atoms with Crippen LogP contribution in [0.2, 0.25) is 5.02 Å². The van der Waals surface area contributed by atoms with Crippen molar-refractivity contribution in [1.29, 1.82) is 0 Å². The molecule has 0 radical (unpaired) electrons. The van der Waals surface area contributed by atoms with E-state index in [0.29, 0.717) is 16.5 Å². The lowest BCUT2D eigenvalue weighted by Crippen LogP contribution is -2.06. The van der Waals surface area contributed by atoms with Crippen molar-refractivity contribution in [2.45, 2.75) is 5.75 Å². The SMILES string of the molecule is NC(=NN=Cc1cccc(F)c1Cl)SCc1ccccc1. The lowest BCUT2D eigenvalue weighted by atomic mass is 10.2. The van der Waals surface area contributed by atoms with Gasteiger partial charge in [0.2, 0.25) is 0 Å². The Hall–Kier alpha value is -1.85. The molecule has 0 aliphatic carbocycles. The number of nitrogens with zero attached hydrogens (tertiary/aromatic N) is 2. The molecular formula is C15H13ClFN3S. The number of thioether (sulfide) groups is 1. The summed E-state index contributed by atoms with van der Waals surface area (Å²) < 4.78 is 13.2. The van der Waals surface area contributed by atoms with Crippen LogP contribution in [-0.4, -0.2) is 11.4 Å². The third-order valence-electron chi connectivity index (χ3n) is 2.56. The van der Waals surface area contributed by atoms with Gasteiger partial charge in [0, 0.05) is 11.3 Å². The Bertz CT molecular complexity index is 659. The molecule has 0 saturated carbocycles. The molecule has 0 spiro atoms. The average molecular weight is 322 g/mol. The van der Waals surface area contributed by atoms with Crippen molar-refractivity contribution >= 4 is 34.7 Å². The minimum Gasteiger partial charge on any atom is -0.377 e. The molecule has 108 valence electrons. The smallest absolute Gasteiger partial charge is 0.180 e. The highest BCUT2D eigenvalue weighted by Gasteiger charge is 2.02. The molecule has 3 nitrogen and oxygen atoms in total. The maximum Gasteiger partial charge on any atom is 0.180 e. The highest BCUT2D eigenvalue weighted by Crippen LogP contribution is 2.18. The first kappa shape index (κ1) is 15.5. The minimum absolute atomic E-state index is 0.0203. The molecule has 0 saturated heterocycles. The predicted octanol–water partition coefficient (Wildman–Crippen LogP) is 4.06. The Kier molecular flexibility index (Phi) is 5.78. The fraction of sp³-hybridized carbons (Fsp3) is 0.0667. The molecule has 0 unspecified atom stereocenters. The molecule has 0 heterocycles. The van der Waals surface area contributed by atoms with E-state index in [0.717, 1.165) is 5.56 Å². The van der Waals surface area contributed by atoms with Gasteiger partial charge in [0.25, 0.3) is 0 Å². The van der Waals surface area contributed by atoms with E-state index in [4.69, 9.17) is 17.3 Å². The van der Waals surface area contributed by atoms with E-state index < -0.39 is 5.82 Å². The van der Waals surface area contributed by atoms with Crippen LogP contribution in [0.5, 0.6) is 0 Å². The Labute approximate surface area is 131 Å². The number of hydrogen-bond donors (Lipinski definition) is 1. The molecule has 6 heteroatoms. The molecule has 0 aliphatic rings. The first-order valence-electron chi connectivity index (χ1n) is 6.14. The summed E-state index contributed by atoms with van der Waals surface area (Å²) in [4.78, 5) is 0. The summed E-state index contributed by atoms with van der Waals surface area (Å²) in [6.07, 6.45) is 1.38. The van der Waals surface area contributed by atoms with Gasteiger partial charge >= 0.3 is 0 Å². The molecule has 2 rings (SSSR count). The van der Waals surface area contributed by atoms with Gasteiger partial charge in [-0.3, -0.25) is 0 Å². The van der Waals surface area contributed by atoms with E-state index in [-0.39, 0.29) is 5.02 Å². The molecule has 21 heavy (non-hydrogen) atoms. The van der Waals surface area contributed by atoms with Crippen LogP contribution in [0.3, 0.4) is 0 Å². The average Bonchev–Trinajstić information content (AvgIpc) is 2.50. The summed E-state index contributed by atoms with van der Waals surface area (Å²) in [5.74, 6) is 0.225. The predicted molar refractivity (Wildman–Crippen MR) is 88.4 cm³/mol. The van der Waals surface area contributed by atoms with Crippen LogP contribution in [0, 0.1) is 5.82 Å². The van der Waals surface area contributed by atoms with E-state index in [1.165, 1.54) is 24.0 Å². The number of nitrogens with two attached hydrogens (primary N) is 1. The minimum atomic E-state index is -0.490. The van der Waals surface area contributed by atoms with Crippen molar-refractivity contribution in [1.82, 2.24) is 0 Å². The Morgan fingerprint density at radius 2 is 1.95 bits per heavy atom. The van der Waals surface area contributed by atoms with Gasteiger partial charge in [0.15, 0.2) is 5.17 Å². The fourth-order valence-electron chi connectivity index (χ4n) is 1.53. The molecule has 0 aliphatic heterocycles. The van der Waals surface area contributed by atoms with Crippen LogP contribution < -0.4 is 5.73 Å². The van der Waals surface area contributed by atoms with Crippen molar-refractivity contribution in [2.24, 2.45) is 15.9 Å². The standard InChI is InChI=1S/C15H13ClFN3S/c16-14-12(7-4-8-13(14)17)9-19-20-15(18)21-10-11-5-2-1-3-6-11/h1-9H,10H2,(H2,18,20). The second-order valence-corrected chi connectivity index (χ2v) is 5.47. The molecule has 2 aromatic carbocycles. The first-order chi connectivity index (χ1) is 10.2. The topological polar surface area (TPSA) is 50.7 Å². The maximum absolute atomic E-state index is 13.2. The van der Waals surface area contributed by atoms with Crippen LogP contribution in [0.25, 0.3) is 0 Å². The monoisotopic (exact) mass is 321 g/mol. The summed E-state index contributed by atoms with van der Waals surface area (Å²) >= 11 is 7.18. The van der Waals surface area contributed by atoms with Gasteiger partial charge in [-0.2, -0.15) is 5.10 Å². The molecule has 0 bridgehead atoms. The van der Waals surface area contributed by atoms with Crippen molar-refractivity contribution in [2.75, 3.05) is 0 Å². The quantitative estimate of drug-likeness (QED) is 0.524. The van der Waals surface area contributed by atoms with Gasteiger partial charge in [-0.25, -0.2) is 4.39 Å². The summed E-state index contributed by atoms with van der Waals surface area (Å²) in [5, 5.41) is 8.03. The van der Waals surface area contributed by atoms with Crippen LogP contribution >= 0.6 is 23.4 Å². The first-order valence-corrected chi connectivity index (χ1v) is 7.50. The summed E-state index contributed by atoms with van der Waals surface area (Å²) in [5.41, 5.74) is 7.36. The van der Waals surface area contributed by atoms with Crippen LogP contribution in [0.15, 0.2) is 58.7 Å². The van der Waals surface area contributed by atoms with E-state index >= 15 is 0 Å². The lowest BCUT2D eigenvalue weighted by Gasteiger charge is -1.99. The van der Waals surface area contributed by atoms with Crippen molar-refractivity contribution < 1.29 is 4.39 Å². The lowest BCUT2D eigenvalue weighted by molar-refractivity contribution is 0.628. The highest BCUT2D eigenvalue weighted by molar-refractivity contribution is 8.13. The van der Waals surface area contributed by atoms with Crippen molar-refractivity contribution in [3.63, 3.8) is 0 Å². The molecule has 2 aromatic rings. The van der Waals surface area contributed by atoms with Gasteiger partial charge < -0.3 is 5.73 Å². The zero-order valence-corrected chi connectivity index (χ0v) is 12.6. The van der Waals surface area contributed by atoms with E-state index in [1.54, 1.807) is 12.1 Å². The molecule has 0 atom stereocenters. The maximum atomic E-state index is 13.2. The molecule has 0 amide bonds. The molecule has 0 fully saturated rings. The van der Waals surface area contributed by atoms with Gasteiger partial charge in [0.05, 0.1) is 11.2 Å². The molecular weight excluding hydrogens is 309 g/mol. The van der Waals surface area contributed by atoms with E-state index in [1.807, 2.05) is 30.3 Å². The molecule has 0 aromatic heterocycles. The van der Waals surface area contributed by atoms with Gasteiger partial charge in [-0.15, -0.1) is 5.10 Å². The largest absolute Gasteiger partial charge is 0.377 e. The van der Waals surface area contributed by atoms with Gasteiger partial charge in [0.1, 0.15) is 5.82 Å². The fourth-order valence-corrected chi connectivity index (χ4v) is 2.32. The summed E-state index contributed by atoms with van der Waals surface area (Å²) in [6, 6.07) is 14.4. The van der Waals surface area contributed by atoms with Gasteiger partial charge in [-0.05, 0) is 11.6 Å². The normalized spacial score (nSPS) is 12.0. The van der Waals surface area contributed by atoms with Crippen LogP contribution in [-0.2, 0) is 5.75 Å². The number of amidine groups is 1. The Morgan fingerprint density at radius 3 is 2.71 bits per heavy atom. The molecule has 2 N–H and O–H groups in total. The van der Waals surface area contributed by atoms with Gasteiger partial charge in [-0.1, -0.05) is 65.8 Å². The number of halogens is 2. The second-order valence-electron chi connectivity index (χ2n) is 4.10. The van der Waals surface area contributed by atoms with Crippen molar-refractivity contribution in [3.05, 3.63) is 70.5 Å². The number of rotatable bonds is 4. The summed E-state index contributed by atoms with van der Waals surface area (Å²) in [7, 11) is 0. The van der Waals surface area contributed by atoms with Crippen molar-refractivity contribution in [3.8, 4) is 0 Å². The Balaban J connectivity index is 1.94. The third kappa shape index (κ3) is 4.88. The number of hydrogen-bond acceptors (Lipinski definition) is 3. The van der Waals surface area contributed by atoms with Crippen LogP contribution in [0.4, 0.5) is 4.39 Å². The zero-order valence-electron chi connectivity index (χ0n) is 11.0. The van der Waals surface area contributed by atoms with E-state index in [2.05, 4.69) is 10.2 Å². The second kappa shape index (κ2) is 7.81. The highest BCUT2D eigenvalue weighted by atomic mass is 35.5.